The van der Waals surface area contributed by atoms with E-state index in [0.29, 0.717) is 0 Å². The quantitative estimate of drug-likeness (QED) is 0.537. The number of carboxylic acids is 1. The van der Waals surface area contributed by atoms with E-state index in [9.17, 15) is 9.90 Å². The zero-order chi connectivity index (χ0) is 15.4. The molecule has 0 aromatic heterocycles. The van der Waals surface area contributed by atoms with E-state index < -0.39 is 11.4 Å². The maximum Gasteiger partial charge on any atom is 0.323 e. The van der Waals surface area contributed by atoms with Crippen LogP contribution >= 0.6 is 0 Å². The molecule has 0 bridgehead atoms. The van der Waals surface area contributed by atoms with Gasteiger partial charge in [0, 0.05) is 19.5 Å². The van der Waals surface area contributed by atoms with Crippen molar-refractivity contribution in [3.8, 4) is 0 Å². The summed E-state index contributed by atoms with van der Waals surface area (Å²) in [5, 5.41) is 10.2. The molecule has 117 valence electrons. The third-order valence-corrected chi connectivity index (χ3v) is 3.94. The zero-order valence-corrected chi connectivity index (χ0v) is 14.0. The molecule has 1 N–H and O–H groups in total. The minimum atomic E-state index is -1.20. The summed E-state index contributed by atoms with van der Waals surface area (Å²) < 4.78 is 0. The minimum absolute atomic E-state index is 0. The molecular weight excluding hydrogens is 375 g/mol. The average Bonchev–Trinajstić information content (AvgIpc) is 2.58. The number of rotatable bonds is 4. The van der Waals surface area contributed by atoms with Gasteiger partial charge in [-0.05, 0) is 16.7 Å². The predicted molar refractivity (Wildman–Crippen MR) is 86.8 cm³/mol. The molecule has 0 atom stereocenters. The molecule has 0 saturated carbocycles. The second-order valence-corrected chi connectivity index (χ2v) is 5.15. The van der Waals surface area contributed by atoms with Crippen LogP contribution in [0, 0.1) is 0 Å². The Morgan fingerprint density at radius 1 is 0.609 bits per heavy atom. The van der Waals surface area contributed by atoms with Crippen molar-refractivity contribution in [1.82, 2.24) is 0 Å². The Morgan fingerprint density at radius 3 is 1.09 bits per heavy atom. The second-order valence-electron chi connectivity index (χ2n) is 5.15. The Morgan fingerprint density at radius 2 is 0.870 bits per heavy atom. The van der Waals surface area contributed by atoms with E-state index in [1.54, 1.807) is 0 Å². The second kappa shape index (κ2) is 7.35. The van der Waals surface area contributed by atoms with Crippen LogP contribution in [0.1, 0.15) is 16.7 Å². The summed E-state index contributed by atoms with van der Waals surface area (Å²) in [5.74, 6) is -0.879. The molecule has 0 aliphatic carbocycles. The SMILES string of the molecule is O=C(O)C(c1ccccc1)(c1ccccc1)c1ccccc1.[Rh]. The Kier molecular flexibility index (Phi) is 5.47. The van der Waals surface area contributed by atoms with Gasteiger partial charge < -0.3 is 5.11 Å². The van der Waals surface area contributed by atoms with E-state index in [0.717, 1.165) is 16.7 Å². The van der Waals surface area contributed by atoms with E-state index in [2.05, 4.69) is 0 Å². The van der Waals surface area contributed by atoms with Crippen molar-refractivity contribution in [3.63, 3.8) is 0 Å². The first kappa shape index (κ1) is 17.1. The molecule has 0 fully saturated rings. The van der Waals surface area contributed by atoms with Crippen LogP contribution in [0.25, 0.3) is 0 Å². The van der Waals surface area contributed by atoms with Crippen molar-refractivity contribution in [2.75, 3.05) is 0 Å². The minimum Gasteiger partial charge on any atom is -0.480 e. The molecule has 0 heterocycles. The number of carbonyl (C=O) groups is 1. The van der Waals surface area contributed by atoms with Gasteiger partial charge >= 0.3 is 5.97 Å². The molecule has 3 rings (SSSR count). The Balaban J connectivity index is 0.00000192. The van der Waals surface area contributed by atoms with Crippen LogP contribution in [0.4, 0.5) is 0 Å². The maximum absolute atomic E-state index is 12.4. The number of hydrogen-bond acceptors (Lipinski definition) is 1. The molecular formula is C20H16O2Rh. The van der Waals surface area contributed by atoms with Gasteiger partial charge in [-0.1, -0.05) is 91.0 Å². The van der Waals surface area contributed by atoms with Crippen molar-refractivity contribution >= 4 is 5.97 Å². The van der Waals surface area contributed by atoms with Crippen molar-refractivity contribution < 1.29 is 29.4 Å². The average molecular weight is 391 g/mol. The smallest absolute Gasteiger partial charge is 0.323 e. The largest absolute Gasteiger partial charge is 0.480 e. The molecule has 2 nitrogen and oxygen atoms in total. The first-order valence-corrected chi connectivity index (χ1v) is 7.16. The molecule has 3 heteroatoms. The van der Waals surface area contributed by atoms with Crippen LogP contribution in [0.5, 0.6) is 0 Å². The van der Waals surface area contributed by atoms with Crippen LogP contribution in [0.15, 0.2) is 91.0 Å². The van der Waals surface area contributed by atoms with Gasteiger partial charge in [-0.3, -0.25) is 4.79 Å². The van der Waals surface area contributed by atoms with Crippen LogP contribution in [-0.2, 0) is 29.7 Å². The fraction of sp³-hybridized carbons (Fsp3) is 0.0500. The molecule has 0 saturated heterocycles. The summed E-state index contributed by atoms with van der Waals surface area (Å²) in [6.45, 7) is 0. The van der Waals surface area contributed by atoms with Gasteiger partial charge in [0.05, 0.1) is 0 Å². The molecule has 0 spiro atoms. The third-order valence-electron chi connectivity index (χ3n) is 3.94. The summed E-state index contributed by atoms with van der Waals surface area (Å²) in [5.41, 5.74) is 1.05. The number of aliphatic carboxylic acids is 1. The Bertz CT molecular complexity index is 659. The standard InChI is InChI=1S/C20H16O2.Rh/c21-19(22)20(16-10-4-1-5-11-16,17-12-6-2-7-13-17)18-14-8-3-9-15-18;/h1-15H,(H,21,22);. The molecule has 1 radical (unpaired) electrons. The molecule has 0 unspecified atom stereocenters. The van der Waals surface area contributed by atoms with Gasteiger partial charge in [-0.15, -0.1) is 0 Å². The first-order chi connectivity index (χ1) is 10.8. The summed E-state index contributed by atoms with van der Waals surface area (Å²) in [7, 11) is 0. The predicted octanol–water partition coefficient (Wildman–Crippen LogP) is 4.10. The van der Waals surface area contributed by atoms with E-state index >= 15 is 0 Å². The number of benzene rings is 3. The van der Waals surface area contributed by atoms with Crippen molar-refractivity contribution in [2.45, 2.75) is 5.41 Å². The molecule has 3 aromatic carbocycles. The van der Waals surface area contributed by atoms with E-state index in [-0.39, 0.29) is 19.5 Å². The Hall–Kier alpha value is -2.25. The molecule has 3 aromatic rings. The van der Waals surface area contributed by atoms with Crippen LogP contribution in [-0.4, -0.2) is 11.1 Å². The normalized spacial score (nSPS) is 10.6. The fourth-order valence-corrected chi connectivity index (χ4v) is 2.93. The molecule has 0 aliphatic heterocycles. The fourth-order valence-electron chi connectivity index (χ4n) is 2.93. The third kappa shape index (κ3) is 2.97. The number of hydrogen-bond donors (Lipinski definition) is 1. The molecule has 0 amide bonds. The summed E-state index contributed by atoms with van der Waals surface area (Å²) in [6, 6.07) is 28.1. The van der Waals surface area contributed by atoms with E-state index in [1.807, 2.05) is 91.0 Å². The van der Waals surface area contributed by atoms with Crippen molar-refractivity contribution in [3.05, 3.63) is 108 Å². The van der Waals surface area contributed by atoms with Crippen molar-refractivity contribution in [2.24, 2.45) is 0 Å². The topological polar surface area (TPSA) is 37.3 Å². The van der Waals surface area contributed by atoms with E-state index in [1.165, 1.54) is 0 Å². The number of carboxylic acid groups (broad SMARTS) is 1. The monoisotopic (exact) mass is 391 g/mol. The van der Waals surface area contributed by atoms with Gasteiger partial charge in [0.1, 0.15) is 5.41 Å². The van der Waals surface area contributed by atoms with Gasteiger partial charge in [0.2, 0.25) is 0 Å². The van der Waals surface area contributed by atoms with Crippen LogP contribution in [0.3, 0.4) is 0 Å². The zero-order valence-electron chi connectivity index (χ0n) is 12.3. The van der Waals surface area contributed by atoms with Crippen molar-refractivity contribution in [1.29, 1.82) is 0 Å². The summed E-state index contributed by atoms with van der Waals surface area (Å²) >= 11 is 0. The summed E-state index contributed by atoms with van der Waals surface area (Å²) in [4.78, 5) is 12.4. The van der Waals surface area contributed by atoms with Gasteiger partial charge in [-0.25, -0.2) is 0 Å². The maximum atomic E-state index is 12.4. The van der Waals surface area contributed by atoms with Gasteiger partial charge in [-0.2, -0.15) is 0 Å². The summed E-state index contributed by atoms with van der Waals surface area (Å²) in [6.07, 6.45) is 0. The molecule has 23 heavy (non-hydrogen) atoms. The first-order valence-electron chi connectivity index (χ1n) is 7.16. The van der Waals surface area contributed by atoms with Gasteiger partial charge in [0.25, 0.3) is 0 Å². The van der Waals surface area contributed by atoms with Crippen LogP contribution in [0.2, 0.25) is 0 Å². The molecule has 0 aliphatic rings. The van der Waals surface area contributed by atoms with Gasteiger partial charge in [0.15, 0.2) is 0 Å². The Labute approximate surface area is 148 Å². The van der Waals surface area contributed by atoms with E-state index in [4.69, 9.17) is 0 Å². The van der Waals surface area contributed by atoms with Crippen LogP contribution < -0.4 is 0 Å².